The van der Waals surface area contributed by atoms with Crippen LogP contribution < -0.4 is 15.5 Å². The number of amides is 2. The molecular weight excluding hydrogens is 504 g/mol. The van der Waals surface area contributed by atoms with Gasteiger partial charge in [0.2, 0.25) is 5.95 Å². The summed E-state index contributed by atoms with van der Waals surface area (Å²) >= 11 is 18.3. The van der Waals surface area contributed by atoms with Crippen molar-refractivity contribution in [2.24, 2.45) is 0 Å². The van der Waals surface area contributed by atoms with Crippen LogP contribution in [-0.2, 0) is 6.54 Å². The highest BCUT2D eigenvalue weighted by molar-refractivity contribution is 6.43. The molecule has 34 heavy (non-hydrogen) atoms. The van der Waals surface area contributed by atoms with E-state index in [2.05, 4.69) is 20.6 Å². The lowest BCUT2D eigenvalue weighted by Crippen LogP contribution is -2.40. The van der Waals surface area contributed by atoms with Crippen LogP contribution in [0, 0.1) is 5.82 Å². The first kappa shape index (κ1) is 26.0. The van der Waals surface area contributed by atoms with Gasteiger partial charge in [-0.1, -0.05) is 34.8 Å². The number of aliphatic hydroxyl groups is 1. The number of carbonyl (C=O) groups is 1. The van der Waals surface area contributed by atoms with Crippen LogP contribution in [0.25, 0.3) is 0 Å². The van der Waals surface area contributed by atoms with Crippen LogP contribution in [0.5, 0.6) is 0 Å². The molecule has 0 aliphatic heterocycles. The van der Waals surface area contributed by atoms with Gasteiger partial charge in [0.1, 0.15) is 11.6 Å². The highest BCUT2D eigenvalue weighted by Crippen LogP contribution is 2.29. The minimum Gasteiger partial charge on any atom is -0.388 e. The zero-order valence-electron chi connectivity index (χ0n) is 18.6. The van der Waals surface area contributed by atoms with Gasteiger partial charge in [-0.3, -0.25) is 0 Å². The quantitative estimate of drug-likeness (QED) is 0.319. The number of rotatable bonds is 7. The molecule has 11 heteroatoms. The van der Waals surface area contributed by atoms with Crippen molar-refractivity contribution in [3.8, 4) is 0 Å². The second-order valence-electron chi connectivity index (χ2n) is 8.09. The van der Waals surface area contributed by atoms with Crippen molar-refractivity contribution in [3.63, 3.8) is 0 Å². The van der Waals surface area contributed by atoms with Crippen molar-refractivity contribution in [1.29, 1.82) is 0 Å². The van der Waals surface area contributed by atoms with Gasteiger partial charge in [-0.25, -0.2) is 19.1 Å². The summed E-state index contributed by atoms with van der Waals surface area (Å²) in [6.07, 6.45) is 1.47. The summed E-state index contributed by atoms with van der Waals surface area (Å²) in [6, 6.07) is 9.06. The monoisotopic (exact) mass is 525 g/mol. The molecule has 3 rings (SSSR count). The fourth-order valence-electron chi connectivity index (χ4n) is 2.81. The van der Waals surface area contributed by atoms with E-state index >= 15 is 0 Å². The Hall–Kier alpha value is -2.65. The number of carbonyl (C=O) groups excluding carboxylic acids is 1. The Morgan fingerprint density at radius 2 is 1.76 bits per heavy atom. The second-order valence-corrected chi connectivity index (χ2v) is 9.31. The van der Waals surface area contributed by atoms with Crippen molar-refractivity contribution in [3.05, 3.63) is 75.1 Å². The summed E-state index contributed by atoms with van der Waals surface area (Å²) in [5.74, 6) is -0.0138. The number of benzene rings is 2. The number of anilines is 3. The first-order valence-corrected chi connectivity index (χ1v) is 11.4. The van der Waals surface area contributed by atoms with Gasteiger partial charge in [0, 0.05) is 23.8 Å². The van der Waals surface area contributed by atoms with E-state index in [4.69, 9.17) is 34.8 Å². The second kappa shape index (κ2) is 10.7. The van der Waals surface area contributed by atoms with E-state index in [-0.39, 0.29) is 24.4 Å². The van der Waals surface area contributed by atoms with Crippen molar-refractivity contribution in [2.75, 3.05) is 10.2 Å². The summed E-state index contributed by atoms with van der Waals surface area (Å²) in [5.41, 5.74) is -0.0983. The third kappa shape index (κ3) is 6.48. The van der Waals surface area contributed by atoms with Gasteiger partial charge in [0.05, 0.1) is 27.4 Å². The fourth-order valence-corrected chi connectivity index (χ4v) is 3.44. The third-order valence-electron chi connectivity index (χ3n) is 5.08. The van der Waals surface area contributed by atoms with E-state index in [1.54, 1.807) is 26.8 Å². The molecule has 0 aliphatic carbocycles. The molecule has 1 aromatic heterocycles. The molecule has 2 aromatic carbocycles. The van der Waals surface area contributed by atoms with Gasteiger partial charge in [-0.2, -0.15) is 4.98 Å². The average Bonchev–Trinajstić information content (AvgIpc) is 2.76. The Morgan fingerprint density at radius 3 is 2.41 bits per heavy atom. The molecule has 0 fully saturated rings. The Morgan fingerprint density at radius 1 is 1.12 bits per heavy atom. The average molecular weight is 527 g/mol. The Balaban J connectivity index is 1.90. The number of nitrogens with one attached hydrogen (secondary N) is 2. The molecule has 2 amide bonds. The first-order valence-electron chi connectivity index (χ1n) is 10.2. The highest BCUT2D eigenvalue weighted by atomic mass is 35.5. The lowest BCUT2D eigenvalue weighted by atomic mass is 10.0. The summed E-state index contributed by atoms with van der Waals surface area (Å²) in [5, 5.41) is 16.9. The standard InChI is InChI=1S/C23H23Cl3FN5O2/c1-13(23(2,3)34)30-21-28-9-8-20(31-21)32(16-6-4-15(27)5-7-16)22(33)29-12-14-10-18(25)19(26)11-17(14)24/h4-11,13,34H,12H2,1-3H3,(H,29,33)(H,28,30,31)/t13-/m0/s1. The fraction of sp³-hybridized carbons (Fsp3) is 0.261. The maximum Gasteiger partial charge on any atom is 0.327 e. The van der Waals surface area contributed by atoms with Crippen LogP contribution in [0.3, 0.4) is 0 Å². The number of aromatic nitrogens is 2. The molecular formula is C23H23Cl3FN5O2. The van der Waals surface area contributed by atoms with E-state index in [0.717, 1.165) is 0 Å². The SMILES string of the molecule is C[C@H](Nc1nccc(N(C(=O)NCc2cc(Cl)c(Cl)cc2Cl)c2ccc(F)cc2)n1)C(C)(C)O. The maximum absolute atomic E-state index is 13.5. The summed E-state index contributed by atoms with van der Waals surface area (Å²) in [7, 11) is 0. The molecule has 0 radical (unpaired) electrons. The van der Waals surface area contributed by atoms with Gasteiger partial charge in [0.25, 0.3) is 0 Å². The van der Waals surface area contributed by atoms with Crippen molar-refractivity contribution in [1.82, 2.24) is 15.3 Å². The molecule has 180 valence electrons. The molecule has 0 aliphatic rings. The molecule has 3 N–H and O–H groups in total. The van der Waals surface area contributed by atoms with Crippen LogP contribution in [0.2, 0.25) is 15.1 Å². The van der Waals surface area contributed by atoms with Gasteiger partial charge in [0.15, 0.2) is 0 Å². The Kier molecular flexibility index (Phi) is 8.20. The van der Waals surface area contributed by atoms with E-state index in [1.807, 2.05) is 0 Å². The number of nitrogens with zero attached hydrogens (tertiary/aromatic N) is 3. The minimum absolute atomic E-state index is 0.0537. The van der Waals surface area contributed by atoms with E-state index in [0.29, 0.717) is 26.3 Å². The number of hydrogen-bond acceptors (Lipinski definition) is 5. The lowest BCUT2D eigenvalue weighted by molar-refractivity contribution is 0.0646. The zero-order chi connectivity index (χ0) is 25.0. The van der Waals surface area contributed by atoms with Crippen molar-refractivity contribution >= 4 is 58.3 Å². The van der Waals surface area contributed by atoms with Crippen LogP contribution in [-0.4, -0.2) is 32.7 Å². The summed E-state index contributed by atoms with van der Waals surface area (Å²) in [4.78, 5) is 23.1. The number of halogens is 4. The van der Waals surface area contributed by atoms with Crippen LogP contribution in [0.1, 0.15) is 26.3 Å². The molecule has 1 heterocycles. The summed E-state index contributed by atoms with van der Waals surface area (Å²) in [6.45, 7) is 5.14. The molecule has 7 nitrogen and oxygen atoms in total. The van der Waals surface area contributed by atoms with Gasteiger partial charge < -0.3 is 15.7 Å². The first-order chi connectivity index (χ1) is 16.0. The molecule has 0 spiro atoms. The number of hydrogen-bond donors (Lipinski definition) is 3. The maximum atomic E-state index is 13.5. The van der Waals surface area contributed by atoms with E-state index < -0.39 is 17.4 Å². The van der Waals surface area contributed by atoms with Crippen LogP contribution >= 0.6 is 34.8 Å². The largest absolute Gasteiger partial charge is 0.388 e. The minimum atomic E-state index is -1.04. The topological polar surface area (TPSA) is 90.4 Å². The molecule has 0 bridgehead atoms. The smallest absolute Gasteiger partial charge is 0.327 e. The van der Waals surface area contributed by atoms with Crippen molar-refractivity contribution < 1.29 is 14.3 Å². The van der Waals surface area contributed by atoms with Gasteiger partial charge >= 0.3 is 6.03 Å². The zero-order valence-corrected chi connectivity index (χ0v) is 20.9. The molecule has 0 unspecified atom stereocenters. The molecule has 0 saturated heterocycles. The van der Waals surface area contributed by atoms with Gasteiger partial charge in [-0.05, 0) is 62.7 Å². The van der Waals surface area contributed by atoms with E-state index in [1.165, 1.54) is 47.5 Å². The Labute approximate surface area is 211 Å². The predicted molar refractivity (Wildman–Crippen MR) is 134 cm³/mol. The molecule has 3 aromatic rings. The predicted octanol–water partition coefficient (Wildman–Crippen LogP) is 6.20. The van der Waals surface area contributed by atoms with Crippen molar-refractivity contribution in [2.45, 2.75) is 39.0 Å². The van der Waals surface area contributed by atoms with E-state index in [9.17, 15) is 14.3 Å². The highest BCUT2D eigenvalue weighted by Gasteiger charge is 2.24. The molecule has 0 saturated carbocycles. The summed E-state index contributed by atoms with van der Waals surface area (Å²) < 4.78 is 13.5. The van der Waals surface area contributed by atoms with Gasteiger partial charge in [-0.15, -0.1) is 0 Å². The molecule has 1 atom stereocenters. The normalized spacial score (nSPS) is 12.2. The van der Waals surface area contributed by atoms with Crippen LogP contribution in [0.4, 0.5) is 26.6 Å². The Bertz CT molecular complexity index is 1170. The lowest BCUT2D eigenvalue weighted by Gasteiger charge is -2.27. The number of urea groups is 1. The van der Waals surface area contributed by atoms with Crippen LogP contribution in [0.15, 0.2) is 48.7 Å². The third-order valence-corrected chi connectivity index (χ3v) is 6.16.